The molecule has 1 fully saturated rings. The maximum Gasteiger partial charge on any atom is 0.266 e. The third-order valence-electron chi connectivity index (χ3n) is 4.01. The molecule has 0 unspecified atom stereocenters. The van der Waals surface area contributed by atoms with E-state index in [4.69, 9.17) is 17.0 Å². The standard InChI is InChI=1S/C20H17FN2O3S2/c1-26-16-9-5-4-8-15(16)22-18(24)10-11-23-19(25)17(28-20(23)27)12-13-6-2-3-7-14(13)21/h2-9,12H,10-11H2,1H3,(H,22,24). The Bertz CT molecular complexity index is 962. The van der Waals surface area contributed by atoms with Crippen LogP contribution < -0.4 is 10.1 Å². The highest BCUT2D eigenvalue weighted by atomic mass is 32.2. The Kier molecular flexibility index (Phi) is 6.43. The molecule has 1 N–H and O–H groups in total. The van der Waals surface area contributed by atoms with Crippen LogP contribution in [-0.2, 0) is 9.59 Å². The van der Waals surface area contributed by atoms with Gasteiger partial charge in [0.1, 0.15) is 15.9 Å². The highest BCUT2D eigenvalue weighted by Crippen LogP contribution is 2.33. The van der Waals surface area contributed by atoms with E-state index in [1.807, 2.05) is 0 Å². The van der Waals surface area contributed by atoms with Crippen LogP contribution in [0.4, 0.5) is 10.1 Å². The molecule has 0 spiro atoms. The first kappa shape index (κ1) is 20.0. The van der Waals surface area contributed by atoms with Crippen molar-refractivity contribution in [3.05, 3.63) is 64.8 Å². The molecule has 144 valence electrons. The number of amides is 2. The summed E-state index contributed by atoms with van der Waals surface area (Å²) in [4.78, 5) is 26.5. The zero-order valence-electron chi connectivity index (χ0n) is 15.0. The van der Waals surface area contributed by atoms with Crippen molar-refractivity contribution in [2.24, 2.45) is 0 Å². The van der Waals surface area contributed by atoms with Crippen molar-refractivity contribution in [2.45, 2.75) is 6.42 Å². The van der Waals surface area contributed by atoms with Gasteiger partial charge in [-0.05, 0) is 24.3 Å². The minimum Gasteiger partial charge on any atom is -0.495 e. The molecule has 0 saturated carbocycles. The monoisotopic (exact) mass is 416 g/mol. The SMILES string of the molecule is COc1ccccc1NC(=O)CCN1C(=O)C(=Cc2ccccc2F)SC1=S. The van der Waals surface area contributed by atoms with Crippen LogP contribution in [0.15, 0.2) is 53.4 Å². The normalized spacial score (nSPS) is 15.2. The first-order valence-corrected chi connectivity index (χ1v) is 9.65. The van der Waals surface area contributed by atoms with Crippen molar-refractivity contribution in [2.75, 3.05) is 19.0 Å². The van der Waals surface area contributed by atoms with Gasteiger partial charge in [0.05, 0.1) is 17.7 Å². The highest BCUT2D eigenvalue weighted by molar-refractivity contribution is 8.26. The van der Waals surface area contributed by atoms with Gasteiger partial charge in [0.2, 0.25) is 5.91 Å². The molecule has 1 aliphatic rings. The fourth-order valence-corrected chi connectivity index (χ4v) is 3.90. The molecular formula is C20H17FN2O3S2. The number of methoxy groups -OCH3 is 1. The van der Waals surface area contributed by atoms with Gasteiger partial charge < -0.3 is 10.1 Å². The second kappa shape index (κ2) is 8.99. The predicted molar refractivity (Wildman–Crippen MR) is 113 cm³/mol. The second-order valence-electron chi connectivity index (χ2n) is 5.85. The zero-order valence-corrected chi connectivity index (χ0v) is 16.6. The number of halogens is 1. The number of thioether (sulfide) groups is 1. The van der Waals surface area contributed by atoms with Crippen LogP contribution in [0, 0.1) is 5.82 Å². The summed E-state index contributed by atoms with van der Waals surface area (Å²) in [5, 5.41) is 2.76. The lowest BCUT2D eigenvalue weighted by molar-refractivity contribution is -0.122. The number of ether oxygens (including phenoxy) is 1. The van der Waals surface area contributed by atoms with E-state index in [1.54, 1.807) is 42.5 Å². The molecular weight excluding hydrogens is 399 g/mol. The van der Waals surface area contributed by atoms with Gasteiger partial charge in [-0.2, -0.15) is 0 Å². The summed E-state index contributed by atoms with van der Waals surface area (Å²) in [6, 6.07) is 13.2. The van der Waals surface area contributed by atoms with E-state index in [-0.39, 0.29) is 24.8 Å². The lowest BCUT2D eigenvalue weighted by Crippen LogP contribution is -2.31. The Balaban J connectivity index is 1.63. The Hall–Kier alpha value is -2.71. The molecule has 1 heterocycles. The minimum atomic E-state index is -0.413. The lowest BCUT2D eigenvalue weighted by Gasteiger charge is -2.15. The zero-order chi connectivity index (χ0) is 20.1. The first-order valence-electron chi connectivity index (χ1n) is 8.42. The number of hydrogen-bond acceptors (Lipinski definition) is 5. The maximum atomic E-state index is 13.8. The molecule has 28 heavy (non-hydrogen) atoms. The molecule has 2 aromatic carbocycles. The number of anilines is 1. The van der Waals surface area contributed by atoms with Crippen LogP contribution in [0.25, 0.3) is 6.08 Å². The van der Waals surface area contributed by atoms with Crippen molar-refractivity contribution in [3.8, 4) is 5.75 Å². The van der Waals surface area contributed by atoms with Gasteiger partial charge in [0.25, 0.3) is 5.91 Å². The van der Waals surface area contributed by atoms with Gasteiger partial charge >= 0.3 is 0 Å². The van der Waals surface area contributed by atoms with E-state index >= 15 is 0 Å². The van der Waals surface area contributed by atoms with E-state index in [2.05, 4.69) is 5.32 Å². The average molecular weight is 416 g/mol. The molecule has 2 aromatic rings. The van der Waals surface area contributed by atoms with Gasteiger partial charge in [-0.25, -0.2) is 4.39 Å². The minimum absolute atomic E-state index is 0.0669. The fraction of sp³-hybridized carbons (Fsp3) is 0.150. The van der Waals surface area contributed by atoms with Crippen molar-refractivity contribution >= 4 is 51.9 Å². The number of rotatable bonds is 6. The topological polar surface area (TPSA) is 58.6 Å². The summed E-state index contributed by atoms with van der Waals surface area (Å²) in [7, 11) is 1.52. The number of para-hydroxylation sites is 2. The Morgan fingerprint density at radius 1 is 1.25 bits per heavy atom. The van der Waals surface area contributed by atoms with Crippen LogP contribution >= 0.6 is 24.0 Å². The molecule has 8 heteroatoms. The van der Waals surface area contributed by atoms with Crippen LogP contribution in [0.1, 0.15) is 12.0 Å². The van der Waals surface area contributed by atoms with Gasteiger partial charge in [-0.15, -0.1) is 0 Å². The Morgan fingerprint density at radius 2 is 1.96 bits per heavy atom. The molecule has 1 aliphatic heterocycles. The number of nitrogens with one attached hydrogen (secondary N) is 1. The number of benzene rings is 2. The molecule has 0 aliphatic carbocycles. The quantitative estimate of drug-likeness (QED) is 0.568. The van der Waals surface area contributed by atoms with Crippen LogP contribution in [0.3, 0.4) is 0 Å². The smallest absolute Gasteiger partial charge is 0.266 e. The van der Waals surface area contributed by atoms with Crippen molar-refractivity contribution < 1.29 is 18.7 Å². The fourth-order valence-electron chi connectivity index (χ4n) is 2.60. The Morgan fingerprint density at radius 3 is 2.71 bits per heavy atom. The summed E-state index contributed by atoms with van der Waals surface area (Å²) in [5.74, 6) is -0.460. The third-order valence-corrected chi connectivity index (χ3v) is 5.39. The predicted octanol–water partition coefficient (Wildman–Crippen LogP) is 4.06. The van der Waals surface area contributed by atoms with Gasteiger partial charge in [0.15, 0.2) is 0 Å². The third kappa shape index (κ3) is 4.58. The molecule has 1 saturated heterocycles. The summed E-state index contributed by atoms with van der Waals surface area (Å²) in [6.45, 7) is 0.139. The number of hydrogen-bond donors (Lipinski definition) is 1. The van der Waals surface area contributed by atoms with E-state index in [0.29, 0.717) is 26.2 Å². The van der Waals surface area contributed by atoms with Crippen LogP contribution in [0.5, 0.6) is 5.75 Å². The largest absolute Gasteiger partial charge is 0.495 e. The average Bonchev–Trinajstić information content (AvgIpc) is 2.95. The first-order chi connectivity index (χ1) is 13.5. The van der Waals surface area contributed by atoms with E-state index in [0.717, 1.165) is 11.8 Å². The molecule has 3 rings (SSSR count). The van der Waals surface area contributed by atoms with Crippen molar-refractivity contribution in [3.63, 3.8) is 0 Å². The number of nitrogens with zero attached hydrogens (tertiary/aromatic N) is 1. The van der Waals surface area contributed by atoms with Crippen molar-refractivity contribution in [1.29, 1.82) is 0 Å². The summed E-state index contributed by atoms with van der Waals surface area (Å²) in [6.07, 6.45) is 1.54. The summed E-state index contributed by atoms with van der Waals surface area (Å²) in [5.41, 5.74) is 0.872. The van der Waals surface area contributed by atoms with E-state index in [9.17, 15) is 14.0 Å². The van der Waals surface area contributed by atoms with Gasteiger partial charge in [-0.1, -0.05) is 54.3 Å². The molecule has 0 bridgehead atoms. The molecule has 5 nitrogen and oxygen atoms in total. The maximum absolute atomic E-state index is 13.8. The van der Waals surface area contributed by atoms with Gasteiger partial charge in [0, 0.05) is 18.5 Å². The van der Waals surface area contributed by atoms with E-state index in [1.165, 1.54) is 24.2 Å². The van der Waals surface area contributed by atoms with Crippen LogP contribution in [-0.4, -0.2) is 34.7 Å². The van der Waals surface area contributed by atoms with Crippen LogP contribution in [0.2, 0.25) is 0 Å². The lowest BCUT2D eigenvalue weighted by atomic mass is 10.2. The Labute approximate surface area is 171 Å². The summed E-state index contributed by atoms with van der Waals surface area (Å²) >= 11 is 6.34. The van der Waals surface area contributed by atoms with Gasteiger partial charge in [-0.3, -0.25) is 14.5 Å². The second-order valence-corrected chi connectivity index (χ2v) is 7.53. The highest BCUT2D eigenvalue weighted by Gasteiger charge is 2.32. The number of thiocarbonyl (C=S) groups is 1. The number of carbonyl (C=O) groups is 2. The molecule has 0 atom stereocenters. The molecule has 2 amide bonds. The van der Waals surface area contributed by atoms with Crippen molar-refractivity contribution in [1.82, 2.24) is 4.90 Å². The molecule has 0 radical (unpaired) electrons. The molecule has 0 aromatic heterocycles. The van der Waals surface area contributed by atoms with E-state index < -0.39 is 5.82 Å². The number of carbonyl (C=O) groups excluding carboxylic acids is 2. The summed E-state index contributed by atoms with van der Waals surface area (Å²) < 4.78 is 19.4.